The first-order chi connectivity index (χ1) is 4.74. The quantitative estimate of drug-likeness (QED) is 0.544. The van der Waals surface area contributed by atoms with Crippen LogP contribution in [0.15, 0.2) is 36.3 Å². The number of rotatable bonds is 1. The first-order valence-electron chi connectivity index (χ1n) is 3.17. The third kappa shape index (κ3) is 1.21. The van der Waals surface area contributed by atoms with Crippen molar-refractivity contribution in [2.45, 2.75) is 6.42 Å². The summed E-state index contributed by atoms with van der Waals surface area (Å²) in [6, 6.07) is 0. The second kappa shape index (κ2) is 2.60. The predicted molar refractivity (Wildman–Crippen MR) is 39.7 cm³/mol. The van der Waals surface area contributed by atoms with E-state index in [4.69, 9.17) is 10.2 Å². The lowest BCUT2D eigenvalue weighted by atomic mass is 9.99. The van der Waals surface area contributed by atoms with E-state index in [1.54, 1.807) is 18.2 Å². The average Bonchev–Trinajstić information content (AvgIpc) is 1.95. The molecule has 0 radical (unpaired) electrons. The Hall–Kier alpha value is -1.18. The minimum absolute atomic E-state index is 0.0295. The van der Waals surface area contributed by atoms with Gasteiger partial charge in [0, 0.05) is 5.92 Å². The van der Waals surface area contributed by atoms with Crippen molar-refractivity contribution < 1.29 is 10.2 Å². The van der Waals surface area contributed by atoms with E-state index in [1.165, 1.54) is 0 Å². The molecule has 0 heterocycles. The Morgan fingerprint density at radius 2 is 2.20 bits per heavy atom. The Morgan fingerprint density at radius 1 is 1.50 bits per heavy atom. The number of hydrogen-bond acceptors (Lipinski definition) is 2. The molecule has 0 aromatic carbocycles. The molecule has 0 bridgehead atoms. The van der Waals surface area contributed by atoms with Crippen LogP contribution in [0.1, 0.15) is 6.42 Å². The molecule has 0 amide bonds. The summed E-state index contributed by atoms with van der Waals surface area (Å²) in [5.41, 5.74) is 0. The molecule has 1 rings (SSSR count). The van der Waals surface area contributed by atoms with E-state index in [0.29, 0.717) is 0 Å². The highest BCUT2D eigenvalue weighted by atomic mass is 16.3. The van der Waals surface area contributed by atoms with Crippen LogP contribution in [0, 0.1) is 5.92 Å². The van der Waals surface area contributed by atoms with Gasteiger partial charge in [0.2, 0.25) is 0 Å². The maximum absolute atomic E-state index is 8.97. The Morgan fingerprint density at radius 3 is 2.70 bits per heavy atom. The van der Waals surface area contributed by atoms with Crippen LogP contribution >= 0.6 is 0 Å². The van der Waals surface area contributed by atoms with Crippen LogP contribution in [-0.2, 0) is 0 Å². The van der Waals surface area contributed by atoms with Crippen molar-refractivity contribution in [2.24, 2.45) is 5.92 Å². The van der Waals surface area contributed by atoms with Gasteiger partial charge in [-0.1, -0.05) is 6.08 Å². The monoisotopic (exact) mass is 138 g/mol. The molecule has 0 saturated heterocycles. The van der Waals surface area contributed by atoms with Crippen LogP contribution in [-0.4, -0.2) is 10.2 Å². The lowest BCUT2D eigenvalue weighted by molar-refractivity contribution is 0.316. The van der Waals surface area contributed by atoms with Crippen molar-refractivity contribution in [2.75, 3.05) is 0 Å². The number of aliphatic hydroxyl groups is 2. The smallest absolute Gasteiger partial charge is 0.153 e. The third-order valence-electron chi connectivity index (χ3n) is 1.52. The fourth-order valence-electron chi connectivity index (χ4n) is 0.873. The Bertz CT molecular complexity index is 201. The molecular weight excluding hydrogens is 128 g/mol. The molecule has 1 aliphatic rings. The topological polar surface area (TPSA) is 40.5 Å². The summed E-state index contributed by atoms with van der Waals surface area (Å²) in [5, 5.41) is 17.9. The fraction of sp³-hybridized carbons (Fsp3) is 0.250. The second-order valence-electron chi connectivity index (χ2n) is 2.28. The summed E-state index contributed by atoms with van der Waals surface area (Å²) in [6.45, 7) is 3.58. The SMILES string of the molecule is C=CC1C=C(O)C(O)=CC1. The first kappa shape index (κ1) is 6.93. The lowest BCUT2D eigenvalue weighted by Gasteiger charge is -2.10. The number of hydrogen-bond donors (Lipinski definition) is 2. The number of aliphatic hydroxyl groups excluding tert-OH is 2. The first-order valence-corrected chi connectivity index (χ1v) is 3.17. The van der Waals surface area contributed by atoms with Gasteiger partial charge in [0.25, 0.3) is 0 Å². The highest BCUT2D eigenvalue weighted by Gasteiger charge is 2.10. The zero-order valence-corrected chi connectivity index (χ0v) is 5.62. The molecule has 0 aliphatic heterocycles. The van der Waals surface area contributed by atoms with Gasteiger partial charge in [0.05, 0.1) is 0 Å². The standard InChI is InChI=1S/C8H10O2/c1-2-6-3-4-7(9)8(10)5-6/h2,4-6,9-10H,1,3H2. The Kier molecular flexibility index (Phi) is 1.81. The molecule has 54 valence electrons. The van der Waals surface area contributed by atoms with Crippen LogP contribution in [0.4, 0.5) is 0 Å². The molecule has 0 aromatic rings. The van der Waals surface area contributed by atoms with Gasteiger partial charge in [-0.25, -0.2) is 0 Å². The molecule has 0 aromatic heterocycles. The molecule has 2 nitrogen and oxygen atoms in total. The van der Waals surface area contributed by atoms with Crippen molar-refractivity contribution in [1.29, 1.82) is 0 Å². The molecule has 0 fully saturated rings. The molecule has 1 aliphatic carbocycles. The molecule has 2 N–H and O–H groups in total. The summed E-state index contributed by atoms with van der Waals surface area (Å²) in [6.07, 6.45) is 5.63. The van der Waals surface area contributed by atoms with E-state index >= 15 is 0 Å². The van der Waals surface area contributed by atoms with Gasteiger partial charge in [-0.15, -0.1) is 6.58 Å². The van der Waals surface area contributed by atoms with E-state index in [-0.39, 0.29) is 17.4 Å². The van der Waals surface area contributed by atoms with Crippen LogP contribution in [0.5, 0.6) is 0 Å². The summed E-state index contributed by atoms with van der Waals surface area (Å²) in [5.74, 6) is 0.0881. The molecule has 1 unspecified atom stereocenters. The summed E-state index contributed by atoms with van der Waals surface area (Å²) in [4.78, 5) is 0. The highest BCUT2D eigenvalue weighted by molar-refractivity contribution is 5.24. The van der Waals surface area contributed by atoms with Crippen LogP contribution in [0.3, 0.4) is 0 Å². The van der Waals surface area contributed by atoms with E-state index < -0.39 is 0 Å². The Labute approximate surface area is 59.8 Å². The molecule has 1 atom stereocenters. The van der Waals surface area contributed by atoms with Crippen molar-refractivity contribution in [3.8, 4) is 0 Å². The van der Waals surface area contributed by atoms with E-state index in [9.17, 15) is 0 Å². The van der Waals surface area contributed by atoms with E-state index in [0.717, 1.165) is 6.42 Å². The lowest BCUT2D eigenvalue weighted by Crippen LogP contribution is -2.00. The fourth-order valence-corrected chi connectivity index (χ4v) is 0.873. The van der Waals surface area contributed by atoms with Gasteiger partial charge in [-0.05, 0) is 18.6 Å². The number of allylic oxidation sites excluding steroid dienone is 3. The highest BCUT2D eigenvalue weighted by Crippen LogP contribution is 2.19. The Balaban J connectivity index is 2.75. The van der Waals surface area contributed by atoms with Crippen molar-refractivity contribution in [3.05, 3.63) is 36.3 Å². The summed E-state index contributed by atoms with van der Waals surface area (Å²) >= 11 is 0. The van der Waals surface area contributed by atoms with Crippen molar-refractivity contribution >= 4 is 0 Å². The molecule has 10 heavy (non-hydrogen) atoms. The summed E-state index contributed by atoms with van der Waals surface area (Å²) in [7, 11) is 0. The largest absolute Gasteiger partial charge is 0.504 e. The van der Waals surface area contributed by atoms with E-state index in [1.807, 2.05) is 0 Å². The normalized spacial score (nSPS) is 25.0. The summed E-state index contributed by atoms with van der Waals surface area (Å²) < 4.78 is 0. The van der Waals surface area contributed by atoms with Crippen molar-refractivity contribution in [1.82, 2.24) is 0 Å². The van der Waals surface area contributed by atoms with Gasteiger partial charge < -0.3 is 10.2 Å². The zero-order valence-electron chi connectivity index (χ0n) is 5.62. The average molecular weight is 138 g/mol. The van der Waals surface area contributed by atoms with Crippen LogP contribution < -0.4 is 0 Å². The third-order valence-corrected chi connectivity index (χ3v) is 1.52. The second-order valence-corrected chi connectivity index (χ2v) is 2.28. The minimum atomic E-state index is -0.0452. The van der Waals surface area contributed by atoms with E-state index in [2.05, 4.69) is 6.58 Å². The minimum Gasteiger partial charge on any atom is -0.504 e. The van der Waals surface area contributed by atoms with Crippen LogP contribution in [0.25, 0.3) is 0 Å². The van der Waals surface area contributed by atoms with Gasteiger partial charge >= 0.3 is 0 Å². The van der Waals surface area contributed by atoms with Crippen molar-refractivity contribution in [3.63, 3.8) is 0 Å². The molecule has 0 spiro atoms. The van der Waals surface area contributed by atoms with Gasteiger partial charge in [0.15, 0.2) is 11.5 Å². The molecule has 0 saturated carbocycles. The predicted octanol–water partition coefficient (Wildman–Crippen LogP) is 2.08. The maximum Gasteiger partial charge on any atom is 0.153 e. The van der Waals surface area contributed by atoms with Gasteiger partial charge in [-0.2, -0.15) is 0 Å². The molecule has 2 heteroatoms. The van der Waals surface area contributed by atoms with Crippen LogP contribution in [0.2, 0.25) is 0 Å². The van der Waals surface area contributed by atoms with Gasteiger partial charge in [0.1, 0.15) is 0 Å². The zero-order chi connectivity index (χ0) is 7.56. The molecular formula is C8H10O2. The maximum atomic E-state index is 8.97. The van der Waals surface area contributed by atoms with Gasteiger partial charge in [-0.3, -0.25) is 0 Å².